The molecule has 0 spiro atoms. The van der Waals surface area contributed by atoms with Crippen LogP contribution in [0.1, 0.15) is 148 Å². The molecule has 0 heterocycles. The molecule has 0 atom stereocenters. The van der Waals surface area contributed by atoms with E-state index in [1.807, 2.05) is 4.93 Å². The number of carbonyl (C=O) groups is 8. The van der Waals surface area contributed by atoms with E-state index in [0.717, 1.165) is 75.3 Å². The second-order valence-electron chi connectivity index (χ2n) is 19.0. The van der Waals surface area contributed by atoms with Gasteiger partial charge in [0.25, 0.3) is 23.6 Å². The summed E-state index contributed by atoms with van der Waals surface area (Å²) in [7, 11) is 0. The molecule has 0 aliphatic rings. The number of phenolic OH excluding ortho intramolecular Hbond substituents is 4. The minimum Gasteiger partial charge on any atom is -0.665 e. The third-order valence-electron chi connectivity index (χ3n) is 12.0. The van der Waals surface area contributed by atoms with Gasteiger partial charge in [0, 0.05) is 82.9 Å². The predicted octanol–water partition coefficient (Wildman–Crippen LogP) is 2.45. The van der Waals surface area contributed by atoms with Gasteiger partial charge >= 0.3 is 48.3 Å². The average Bonchev–Trinajstić information content (AvgIpc) is 1.76. The van der Waals surface area contributed by atoms with Crippen LogP contribution >= 0.6 is 0 Å². The van der Waals surface area contributed by atoms with Crippen molar-refractivity contribution in [1.82, 2.24) is 21.3 Å². The van der Waals surface area contributed by atoms with Crippen molar-refractivity contribution in [1.29, 1.82) is 0 Å². The molecule has 0 aliphatic heterocycles. The molecule has 1 radical (unpaired) electrons. The molecule has 0 aliphatic carbocycles. The van der Waals surface area contributed by atoms with Crippen molar-refractivity contribution >= 4 is 59.6 Å². The Kier molecular flexibility index (Phi) is 49.0. The van der Waals surface area contributed by atoms with E-state index in [0.29, 0.717) is 63.4 Å². The SMILES string of the molecule is C[I-]N.NCCNC(=O)c1ccccc1O.NCc1ccc(O)c(C(=O)NCCCCCCCC(=O)O)c1.NCc1ccc(O)c(C(=O)Nc2ccc(CC(=O)O)cc2)c1.O=C(O)CCC(=O)NCCCCCCCCNC(=O)c1ccccc1O.O=[C-]O.[V]. The van der Waals surface area contributed by atoms with Crippen molar-refractivity contribution < 1.29 is 124 Å². The standard InChI is InChI=1S/C19H28N2O5.C16H16N2O4.C16H24N2O4.C9H12N2O2.CH5IN.CHO2.V/c22-16-10-6-5-9-15(16)19(26)21-14-8-4-2-1-3-7-13-20-17(23)11-12-18(24)25;17-9-11-3-6-14(19)13(7-11)16(22)18-12-4-1-10(2-5-12)8-15(20)21;17-11-12-7-8-14(19)13(10-12)16(22)18-9-5-3-1-2-4-6-15(20)21;10-5-6-11-9(13)7-3-1-2-4-8(7)12;1-2-3;2-1-3;/h5-6,9-10,22H,1-4,7-8,11-14H2,(H,20,23)(H,21,26)(H,24,25);1-7,19H,8-9,17H2,(H,18,22)(H,20,21);7-8,10,19H,1-6,9,11,17H2,(H,18,22)(H,20,21);1-4,12H,5-6,10H2,(H,11,13);3H2,1H3;(H,2,3);/q;;;;2*-1;. The van der Waals surface area contributed by atoms with Crippen LogP contribution in [0.25, 0.3) is 0 Å². The van der Waals surface area contributed by atoms with Crippen LogP contribution in [-0.4, -0.2) is 132 Å². The maximum Gasteiger partial charge on any atom is 0.307 e. The Labute approximate surface area is 546 Å². The molecule has 495 valence electrons. The van der Waals surface area contributed by atoms with E-state index in [-0.39, 0.29) is 141 Å². The van der Waals surface area contributed by atoms with Gasteiger partial charge in [-0.3, -0.25) is 38.4 Å². The summed E-state index contributed by atoms with van der Waals surface area (Å²) in [6, 6.07) is 28.7. The van der Waals surface area contributed by atoms with Crippen LogP contribution in [0.2, 0.25) is 0 Å². The first kappa shape index (κ1) is 83.7. The number of alkyl halides is 1. The summed E-state index contributed by atoms with van der Waals surface area (Å²) in [4.78, 5) is 100. The van der Waals surface area contributed by atoms with E-state index in [9.17, 15) is 58.8 Å². The summed E-state index contributed by atoms with van der Waals surface area (Å²) in [6.07, 6.45) is 10.2. The van der Waals surface area contributed by atoms with Gasteiger partial charge in [0.2, 0.25) is 5.91 Å². The Bertz CT molecular complexity index is 2930. The number of benzene rings is 5. The number of nitrogens with one attached hydrogen (secondary N) is 5. The van der Waals surface area contributed by atoms with E-state index in [1.54, 1.807) is 78.9 Å². The Hall–Kier alpha value is -8.32. The van der Waals surface area contributed by atoms with Crippen LogP contribution in [0.3, 0.4) is 0 Å². The average molecular weight is 1410 g/mol. The van der Waals surface area contributed by atoms with E-state index < -0.39 is 23.8 Å². The number of para-hydroxylation sites is 2. The number of phenols is 4. The number of hydrogen-bond donors (Lipinski definition) is 17. The molecule has 26 nitrogen and oxygen atoms in total. The van der Waals surface area contributed by atoms with Gasteiger partial charge in [-0.15, -0.1) is 0 Å². The fourth-order valence-corrected chi connectivity index (χ4v) is 7.49. The molecule has 5 aromatic rings. The number of aliphatic hydroxyl groups excluding tert-OH is 1. The zero-order valence-corrected chi connectivity index (χ0v) is 53.9. The number of aliphatic carboxylic acids is 3. The number of carbonyl (C=O) groups excluding carboxylic acids is 5. The molecule has 0 bridgehead atoms. The number of unbranched alkanes of at least 4 members (excludes halogenated alkanes) is 9. The molecule has 28 heteroatoms. The van der Waals surface area contributed by atoms with Crippen LogP contribution < -0.4 is 69.2 Å². The van der Waals surface area contributed by atoms with Gasteiger partial charge in [0.1, 0.15) is 23.0 Å². The number of aromatic hydroxyl groups is 4. The number of nitrogens with two attached hydrogens (primary N) is 4. The molecule has 21 N–H and O–H groups in total. The van der Waals surface area contributed by atoms with Crippen molar-refractivity contribution in [3.8, 4) is 23.0 Å². The van der Waals surface area contributed by atoms with Gasteiger partial charge in [-0.05, 0) is 103 Å². The molecule has 5 rings (SSSR count). The first-order valence-electron chi connectivity index (χ1n) is 28.3. The number of hydrogen-bond acceptors (Lipinski definition) is 17. The quantitative estimate of drug-likeness (QED) is 0.00996. The molecule has 0 fully saturated rings. The smallest absolute Gasteiger partial charge is 0.307 e. The maximum absolute atomic E-state index is 12.2. The van der Waals surface area contributed by atoms with E-state index in [1.165, 1.54) is 30.3 Å². The Morgan fingerprint density at radius 3 is 1.20 bits per heavy atom. The van der Waals surface area contributed by atoms with Gasteiger partial charge in [-0.25, -0.2) is 0 Å². The number of halogens is 1. The predicted molar refractivity (Wildman–Crippen MR) is 331 cm³/mol. The van der Waals surface area contributed by atoms with Crippen LogP contribution in [0.15, 0.2) is 109 Å². The van der Waals surface area contributed by atoms with E-state index in [4.69, 9.17) is 46.4 Å². The van der Waals surface area contributed by atoms with Crippen molar-refractivity contribution in [2.75, 3.05) is 43.0 Å². The van der Waals surface area contributed by atoms with Gasteiger partial charge in [-0.2, -0.15) is 0 Å². The third kappa shape index (κ3) is 40.3. The second-order valence-corrected chi connectivity index (χ2v) is 20.3. The zero-order chi connectivity index (χ0) is 66.8. The first-order valence-corrected chi connectivity index (χ1v) is 31.7. The molecule has 0 saturated heterocycles. The van der Waals surface area contributed by atoms with Gasteiger partial charge in [0.05, 0.1) is 35.1 Å². The van der Waals surface area contributed by atoms with E-state index in [2.05, 4.69) is 26.6 Å². The molecule has 5 aromatic carbocycles. The van der Waals surface area contributed by atoms with Crippen LogP contribution in [0, 0.1) is 0 Å². The molecule has 5 amide bonds. The minimum atomic E-state index is -0.961. The summed E-state index contributed by atoms with van der Waals surface area (Å²) in [5, 5.41) is 84.3. The molecular weight excluding hydrogens is 1320 g/mol. The van der Waals surface area contributed by atoms with Crippen molar-refractivity contribution in [2.45, 2.75) is 109 Å². The van der Waals surface area contributed by atoms with Crippen molar-refractivity contribution in [2.24, 2.45) is 21.1 Å². The molecule has 0 aromatic heterocycles. The number of carboxylic acids is 3. The molecule has 90 heavy (non-hydrogen) atoms. The normalized spacial score (nSPS) is 9.79. The summed E-state index contributed by atoms with van der Waals surface area (Å²) in [5.41, 5.74) is 19.9. The summed E-state index contributed by atoms with van der Waals surface area (Å²) in [5.74, 6) is -4.39. The maximum atomic E-state index is 12.2. The van der Waals surface area contributed by atoms with Crippen LogP contribution in [0.5, 0.6) is 23.0 Å². The van der Waals surface area contributed by atoms with Crippen molar-refractivity contribution in [3.05, 3.63) is 148 Å². The van der Waals surface area contributed by atoms with Gasteiger partial charge < -0.3 is 89.4 Å². The fourth-order valence-electron chi connectivity index (χ4n) is 7.49. The second kappa shape index (κ2) is 52.6. The van der Waals surface area contributed by atoms with Gasteiger partial charge in [0.15, 0.2) is 0 Å². The minimum absolute atomic E-state index is 0. The zero-order valence-electron chi connectivity index (χ0n) is 50.3. The fraction of sp³-hybridized carbons (Fsp3) is 0.371. The number of amides is 5. The monoisotopic (exact) mass is 1410 g/mol. The Morgan fingerprint density at radius 1 is 0.444 bits per heavy atom. The van der Waals surface area contributed by atoms with Gasteiger partial charge in [-0.1, -0.05) is 99.9 Å². The molecule has 0 unspecified atom stereocenters. The number of carboxylic acid groups (broad SMARTS) is 3. The summed E-state index contributed by atoms with van der Waals surface area (Å²) >= 11 is 0.0900. The number of rotatable bonds is 31. The Morgan fingerprint density at radius 2 is 0.800 bits per heavy atom. The van der Waals surface area contributed by atoms with Crippen LogP contribution in [-0.2, 0) is 62.0 Å². The van der Waals surface area contributed by atoms with Crippen molar-refractivity contribution in [3.63, 3.8) is 0 Å². The number of anilines is 1. The molecular formula is C62H86IN9O17V-2. The topological polar surface area (TPSA) is 480 Å². The summed E-state index contributed by atoms with van der Waals surface area (Å²) in [6.45, 7) is 3.57. The van der Waals surface area contributed by atoms with E-state index >= 15 is 0 Å². The molecule has 0 saturated carbocycles. The Balaban J connectivity index is 0. The first-order chi connectivity index (χ1) is 42.6. The van der Waals surface area contributed by atoms with Crippen LogP contribution in [0.4, 0.5) is 5.69 Å². The third-order valence-corrected chi connectivity index (χ3v) is 12.0. The summed E-state index contributed by atoms with van der Waals surface area (Å²) < 4.78 is 4.96. The largest absolute Gasteiger partial charge is 0.665 e.